The molecule has 3 heteroatoms. The van der Waals surface area contributed by atoms with Crippen LogP contribution < -0.4 is 5.73 Å². The fourth-order valence-corrected chi connectivity index (χ4v) is 1.55. The minimum Gasteiger partial charge on any atom is -0.324 e. The summed E-state index contributed by atoms with van der Waals surface area (Å²) in [6.45, 7) is 2.16. The van der Waals surface area contributed by atoms with Gasteiger partial charge in [-0.15, -0.1) is 12.4 Å². The van der Waals surface area contributed by atoms with Crippen LogP contribution in [0.2, 0.25) is 0 Å². The lowest BCUT2D eigenvalue weighted by molar-refractivity contribution is 0.638. The Balaban J connectivity index is 0.00000144. The molecule has 0 aliphatic heterocycles. The second-order valence-electron chi connectivity index (χ2n) is 2.95. The second-order valence-corrected chi connectivity index (χ2v) is 4.19. The highest BCUT2D eigenvalue weighted by Crippen LogP contribution is 2.16. The van der Waals surface area contributed by atoms with Crippen LogP contribution in [-0.4, -0.2) is 0 Å². The Labute approximate surface area is 99.6 Å². The van der Waals surface area contributed by atoms with Crippen LogP contribution in [0.5, 0.6) is 0 Å². The van der Waals surface area contributed by atoms with Crippen LogP contribution in [-0.2, 0) is 0 Å². The highest BCUT2D eigenvalue weighted by Gasteiger charge is 2.02. The second kappa shape index (κ2) is 6.62. The summed E-state index contributed by atoms with van der Waals surface area (Å²) in [6.07, 6.45) is 2.22. The number of benzene rings is 1. The molecule has 0 heterocycles. The highest BCUT2D eigenvalue weighted by molar-refractivity contribution is 14.1. The first-order valence-corrected chi connectivity index (χ1v) is 5.33. The van der Waals surface area contributed by atoms with Gasteiger partial charge in [-0.2, -0.15) is 0 Å². The van der Waals surface area contributed by atoms with Crippen molar-refractivity contribution >= 4 is 35.0 Å². The Hall–Kier alpha value is 0.200. The highest BCUT2D eigenvalue weighted by atomic mass is 127. The third-order valence-electron chi connectivity index (χ3n) is 1.90. The number of nitrogens with two attached hydrogens (primary N) is 1. The monoisotopic (exact) mass is 311 g/mol. The van der Waals surface area contributed by atoms with Gasteiger partial charge in [0.15, 0.2) is 0 Å². The van der Waals surface area contributed by atoms with Crippen molar-refractivity contribution in [3.63, 3.8) is 0 Å². The molecule has 1 aromatic rings. The molecule has 0 aliphatic carbocycles. The maximum absolute atomic E-state index is 5.95. The summed E-state index contributed by atoms with van der Waals surface area (Å²) in [5.74, 6) is 0. The van der Waals surface area contributed by atoms with E-state index in [0.717, 1.165) is 12.8 Å². The van der Waals surface area contributed by atoms with Crippen molar-refractivity contribution in [3.8, 4) is 0 Å². The SMILES string of the molecule is CCC[C@@H](N)c1ccc(I)cc1.Cl. The van der Waals surface area contributed by atoms with Gasteiger partial charge in [-0.05, 0) is 46.7 Å². The zero-order valence-electron chi connectivity index (χ0n) is 7.66. The van der Waals surface area contributed by atoms with Crippen molar-refractivity contribution < 1.29 is 0 Å². The van der Waals surface area contributed by atoms with Crippen LogP contribution in [0.1, 0.15) is 31.4 Å². The summed E-state index contributed by atoms with van der Waals surface area (Å²) in [4.78, 5) is 0. The molecular weight excluding hydrogens is 296 g/mol. The minimum atomic E-state index is 0. The molecule has 0 fully saturated rings. The van der Waals surface area contributed by atoms with Crippen LogP contribution in [0.25, 0.3) is 0 Å². The van der Waals surface area contributed by atoms with E-state index in [1.165, 1.54) is 9.13 Å². The molecule has 0 amide bonds. The Kier molecular flexibility index (Phi) is 6.73. The van der Waals surface area contributed by atoms with E-state index in [-0.39, 0.29) is 18.4 Å². The van der Waals surface area contributed by atoms with Crippen molar-refractivity contribution in [2.24, 2.45) is 5.73 Å². The molecule has 0 saturated heterocycles. The Morgan fingerprint density at radius 2 is 1.85 bits per heavy atom. The first-order valence-electron chi connectivity index (χ1n) is 4.25. The third kappa shape index (κ3) is 4.29. The van der Waals surface area contributed by atoms with Crippen molar-refractivity contribution in [2.45, 2.75) is 25.8 Å². The topological polar surface area (TPSA) is 26.0 Å². The van der Waals surface area contributed by atoms with E-state index < -0.39 is 0 Å². The number of hydrogen-bond donors (Lipinski definition) is 1. The van der Waals surface area contributed by atoms with Crippen LogP contribution >= 0.6 is 35.0 Å². The molecule has 1 atom stereocenters. The fraction of sp³-hybridized carbons (Fsp3) is 0.400. The van der Waals surface area contributed by atoms with Crippen LogP contribution in [0, 0.1) is 3.57 Å². The lowest BCUT2D eigenvalue weighted by Crippen LogP contribution is -2.09. The van der Waals surface area contributed by atoms with Gasteiger partial charge in [0.25, 0.3) is 0 Å². The van der Waals surface area contributed by atoms with Crippen molar-refractivity contribution in [1.29, 1.82) is 0 Å². The summed E-state index contributed by atoms with van der Waals surface area (Å²) < 4.78 is 1.26. The van der Waals surface area contributed by atoms with Gasteiger partial charge in [-0.1, -0.05) is 25.5 Å². The average molecular weight is 312 g/mol. The maximum atomic E-state index is 5.95. The van der Waals surface area contributed by atoms with Gasteiger partial charge in [0.2, 0.25) is 0 Å². The Bertz CT molecular complexity index is 235. The molecule has 13 heavy (non-hydrogen) atoms. The van der Waals surface area contributed by atoms with Gasteiger partial charge in [-0.25, -0.2) is 0 Å². The number of halogens is 2. The van der Waals surface area contributed by atoms with E-state index in [4.69, 9.17) is 5.73 Å². The molecule has 0 aromatic heterocycles. The summed E-state index contributed by atoms with van der Waals surface area (Å²) >= 11 is 2.30. The number of hydrogen-bond acceptors (Lipinski definition) is 1. The molecule has 0 radical (unpaired) electrons. The smallest absolute Gasteiger partial charge is 0.0294 e. The summed E-state index contributed by atoms with van der Waals surface area (Å²) in [5, 5.41) is 0. The van der Waals surface area contributed by atoms with E-state index in [1.54, 1.807) is 0 Å². The Morgan fingerprint density at radius 3 is 2.31 bits per heavy atom. The van der Waals surface area contributed by atoms with Gasteiger partial charge in [0.05, 0.1) is 0 Å². The van der Waals surface area contributed by atoms with Gasteiger partial charge in [0, 0.05) is 9.61 Å². The van der Waals surface area contributed by atoms with Gasteiger partial charge in [0.1, 0.15) is 0 Å². The molecule has 1 aromatic carbocycles. The predicted molar refractivity (Wildman–Crippen MR) is 68.2 cm³/mol. The largest absolute Gasteiger partial charge is 0.324 e. The van der Waals surface area contributed by atoms with Crippen molar-refractivity contribution in [1.82, 2.24) is 0 Å². The van der Waals surface area contributed by atoms with Crippen molar-refractivity contribution in [2.75, 3.05) is 0 Å². The van der Waals surface area contributed by atoms with Crippen molar-refractivity contribution in [3.05, 3.63) is 33.4 Å². The molecule has 74 valence electrons. The zero-order chi connectivity index (χ0) is 8.97. The molecule has 0 spiro atoms. The molecule has 1 nitrogen and oxygen atoms in total. The van der Waals surface area contributed by atoms with Gasteiger partial charge >= 0.3 is 0 Å². The first-order chi connectivity index (χ1) is 5.74. The third-order valence-corrected chi connectivity index (χ3v) is 2.62. The molecule has 0 aliphatic rings. The lowest BCUT2D eigenvalue weighted by atomic mass is 10.0. The summed E-state index contributed by atoms with van der Waals surface area (Å²) in [5.41, 5.74) is 7.20. The van der Waals surface area contributed by atoms with Gasteiger partial charge < -0.3 is 5.73 Å². The minimum absolute atomic E-state index is 0. The molecule has 0 saturated carbocycles. The van der Waals surface area contributed by atoms with E-state index in [9.17, 15) is 0 Å². The van der Waals surface area contributed by atoms with Crippen LogP contribution in [0.4, 0.5) is 0 Å². The molecular formula is C10H15ClIN. The molecule has 0 unspecified atom stereocenters. The van der Waals surface area contributed by atoms with Crippen LogP contribution in [0.3, 0.4) is 0 Å². The summed E-state index contributed by atoms with van der Waals surface area (Å²) in [6, 6.07) is 8.65. The fourth-order valence-electron chi connectivity index (χ4n) is 1.19. The first kappa shape index (κ1) is 13.2. The van der Waals surface area contributed by atoms with E-state index in [2.05, 4.69) is 53.8 Å². The molecule has 1 rings (SSSR count). The summed E-state index contributed by atoms with van der Waals surface area (Å²) in [7, 11) is 0. The Morgan fingerprint density at radius 1 is 1.31 bits per heavy atom. The van der Waals surface area contributed by atoms with E-state index in [1.807, 2.05) is 0 Å². The standard InChI is InChI=1S/C10H14IN.ClH/c1-2-3-10(12)8-4-6-9(11)7-5-8;/h4-7,10H,2-3,12H2,1H3;1H/t10-;/m1./s1. The maximum Gasteiger partial charge on any atom is 0.0294 e. The normalized spacial score (nSPS) is 11.9. The molecule has 2 N–H and O–H groups in total. The molecule has 0 bridgehead atoms. The predicted octanol–water partition coefficient (Wildman–Crippen LogP) is 3.51. The zero-order valence-corrected chi connectivity index (χ0v) is 10.6. The number of rotatable bonds is 3. The van der Waals surface area contributed by atoms with E-state index in [0.29, 0.717) is 0 Å². The van der Waals surface area contributed by atoms with E-state index >= 15 is 0 Å². The average Bonchev–Trinajstić information content (AvgIpc) is 2.06. The van der Waals surface area contributed by atoms with Gasteiger partial charge in [-0.3, -0.25) is 0 Å². The quantitative estimate of drug-likeness (QED) is 0.849. The van der Waals surface area contributed by atoms with Crippen LogP contribution in [0.15, 0.2) is 24.3 Å². The lowest BCUT2D eigenvalue weighted by Gasteiger charge is -2.09.